The van der Waals surface area contributed by atoms with Crippen LogP contribution in [0.4, 0.5) is 5.69 Å². The maximum atomic E-state index is 12.9. The van der Waals surface area contributed by atoms with E-state index in [4.69, 9.17) is 11.6 Å². The molecule has 1 N–H and O–H groups in total. The van der Waals surface area contributed by atoms with Gasteiger partial charge in [0.1, 0.15) is 0 Å². The standard InChI is InChI=1S/C22H23ClN2O2/c23-18-7-4-8-19(14-18)25-21(26)15-20(22(25)27)24-11-9-17(10-12-24)13-16-5-2-1-3-6-16/h1-8,14,17,20H,9-13,15H2/p+1/t20-/m1/s1. The van der Waals surface area contributed by atoms with Gasteiger partial charge in [0.15, 0.2) is 6.04 Å². The maximum absolute atomic E-state index is 12.9. The summed E-state index contributed by atoms with van der Waals surface area (Å²) in [6, 6.07) is 17.3. The second-order valence-corrected chi connectivity index (χ2v) is 8.03. The van der Waals surface area contributed by atoms with Crippen LogP contribution in [0.25, 0.3) is 0 Å². The fourth-order valence-corrected chi connectivity index (χ4v) is 4.57. The van der Waals surface area contributed by atoms with E-state index in [0.717, 1.165) is 32.4 Å². The zero-order valence-corrected chi connectivity index (χ0v) is 16.0. The number of nitrogens with one attached hydrogen (secondary N) is 1. The van der Waals surface area contributed by atoms with Crippen LogP contribution in [-0.2, 0) is 16.0 Å². The summed E-state index contributed by atoms with van der Waals surface area (Å²) in [5.74, 6) is 0.456. The van der Waals surface area contributed by atoms with Crippen LogP contribution in [0.5, 0.6) is 0 Å². The van der Waals surface area contributed by atoms with Crippen LogP contribution in [-0.4, -0.2) is 30.9 Å². The fraction of sp³-hybridized carbons (Fsp3) is 0.364. The number of benzene rings is 2. The molecule has 0 unspecified atom stereocenters. The normalized spacial score (nSPS) is 25.8. The maximum Gasteiger partial charge on any atom is 0.292 e. The van der Waals surface area contributed by atoms with Crippen molar-refractivity contribution in [1.82, 2.24) is 0 Å². The minimum absolute atomic E-state index is 0.0845. The minimum atomic E-state index is -0.255. The van der Waals surface area contributed by atoms with Gasteiger partial charge in [-0.1, -0.05) is 48.0 Å². The predicted molar refractivity (Wildman–Crippen MR) is 106 cm³/mol. The Bertz CT molecular complexity index is 831. The molecule has 2 saturated heterocycles. The smallest absolute Gasteiger partial charge is 0.292 e. The van der Waals surface area contributed by atoms with Crippen molar-refractivity contribution >= 4 is 29.1 Å². The summed E-state index contributed by atoms with van der Waals surface area (Å²) < 4.78 is 0. The van der Waals surface area contributed by atoms with Crippen LogP contribution in [0.3, 0.4) is 0 Å². The second kappa shape index (κ2) is 7.83. The Morgan fingerprint density at radius 2 is 1.74 bits per heavy atom. The average Bonchev–Trinajstić information content (AvgIpc) is 2.97. The summed E-state index contributed by atoms with van der Waals surface area (Å²) in [6.45, 7) is 1.90. The lowest BCUT2D eigenvalue weighted by Crippen LogP contribution is -3.17. The number of carbonyl (C=O) groups is 2. The Morgan fingerprint density at radius 1 is 1.00 bits per heavy atom. The van der Waals surface area contributed by atoms with Crippen LogP contribution in [0.15, 0.2) is 54.6 Å². The topological polar surface area (TPSA) is 41.8 Å². The number of nitrogens with zero attached hydrogens (tertiary/aromatic N) is 1. The quantitative estimate of drug-likeness (QED) is 0.824. The zero-order chi connectivity index (χ0) is 18.8. The molecule has 140 valence electrons. The number of amides is 2. The summed E-state index contributed by atoms with van der Waals surface area (Å²) in [7, 11) is 0. The third kappa shape index (κ3) is 3.92. The van der Waals surface area contributed by atoms with Crippen LogP contribution in [0, 0.1) is 5.92 Å². The van der Waals surface area contributed by atoms with Crippen molar-refractivity contribution in [3.05, 3.63) is 65.2 Å². The number of likely N-dealkylation sites (tertiary alicyclic amines) is 1. The lowest BCUT2D eigenvalue weighted by molar-refractivity contribution is -0.920. The molecule has 0 aromatic heterocycles. The summed E-state index contributed by atoms with van der Waals surface area (Å²) in [6.07, 6.45) is 3.59. The van der Waals surface area contributed by atoms with Crippen LogP contribution in [0.1, 0.15) is 24.8 Å². The number of hydrogen-bond acceptors (Lipinski definition) is 2. The van der Waals surface area contributed by atoms with Gasteiger partial charge in [0.2, 0.25) is 5.91 Å². The number of anilines is 1. The third-order valence-corrected chi connectivity index (χ3v) is 6.06. The molecule has 2 aromatic carbocycles. The van der Waals surface area contributed by atoms with Crippen molar-refractivity contribution in [1.29, 1.82) is 0 Å². The first kappa shape index (κ1) is 18.2. The van der Waals surface area contributed by atoms with Gasteiger partial charge < -0.3 is 4.90 Å². The van der Waals surface area contributed by atoms with Gasteiger partial charge in [0.05, 0.1) is 25.2 Å². The van der Waals surface area contributed by atoms with Crippen molar-refractivity contribution in [3.63, 3.8) is 0 Å². The van der Waals surface area contributed by atoms with E-state index in [0.29, 0.717) is 23.0 Å². The first-order chi connectivity index (χ1) is 13.1. The SMILES string of the molecule is O=C1C[C@@H]([NH+]2CCC(Cc3ccccc3)CC2)C(=O)N1c1cccc(Cl)c1. The Morgan fingerprint density at radius 3 is 2.44 bits per heavy atom. The van der Waals surface area contributed by atoms with Crippen LogP contribution in [0.2, 0.25) is 5.02 Å². The highest BCUT2D eigenvalue weighted by Crippen LogP contribution is 2.25. The highest BCUT2D eigenvalue weighted by molar-refractivity contribution is 6.31. The number of piperidine rings is 1. The fourth-order valence-electron chi connectivity index (χ4n) is 4.39. The van der Waals surface area contributed by atoms with Crippen LogP contribution >= 0.6 is 11.6 Å². The molecule has 2 aliphatic rings. The molecule has 5 heteroatoms. The second-order valence-electron chi connectivity index (χ2n) is 7.60. The van der Waals surface area contributed by atoms with E-state index >= 15 is 0 Å². The lowest BCUT2D eigenvalue weighted by Gasteiger charge is -2.32. The molecular formula is C22H24ClN2O2+. The number of carbonyl (C=O) groups excluding carboxylic acids is 2. The first-order valence-electron chi connectivity index (χ1n) is 9.62. The molecule has 4 nitrogen and oxygen atoms in total. The molecule has 2 aliphatic heterocycles. The summed E-state index contributed by atoms with van der Waals surface area (Å²) in [5, 5.41) is 0.533. The Kier molecular flexibility index (Phi) is 5.28. The minimum Gasteiger partial charge on any atom is -0.324 e. The number of rotatable bonds is 4. The van der Waals surface area contributed by atoms with E-state index < -0.39 is 0 Å². The Balaban J connectivity index is 1.39. The third-order valence-electron chi connectivity index (χ3n) is 5.82. The van der Waals surface area contributed by atoms with Gasteiger partial charge in [0, 0.05) is 5.02 Å². The van der Waals surface area contributed by atoms with E-state index in [1.165, 1.54) is 15.4 Å². The van der Waals surface area contributed by atoms with Gasteiger partial charge in [-0.15, -0.1) is 0 Å². The van der Waals surface area contributed by atoms with E-state index in [-0.39, 0.29) is 17.9 Å². The summed E-state index contributed by atoms with van der Waals surface area (Å²) >= 11 is 6.03. The van der Waals surface area contributed by atoms with Gasteiger partial charge in [0.25, 0.3) is 5.91 Å². The molecule has 0 saturated carbocycles. The Hall–Kier alpha value is -2.17. The van der Waals surface area contributed by atoms with Gasteiger partial charge in [-0.2, -0.15) is 0 Å². The molecule has 2 heterocycles. The van der Waals surface area contributed by atoms with E-state index in [2.05, 4.69) is 24.3 Å². The monoisotopic (exact) mass is 383 g/mol. The van der Waals surface area contributed by atoms with E-state index in [9.17, 15) is 9.59 Å². The molecule has 0 radical (unpaired) electrons. The van der Waals surface area contributed by atoms with Crippen molar-refractivity contribution in [2.24, 2.45) is 5.92 Å². The molecule has 2 fully saturated rings. The van der Waals surface area contributed by atoms with Gasteiger partial charge >= 0.3 is 0 Å². The number of quaternary nitrogens is 1. The number of halogens is 1. The lowest BCUT2D eigenvalue weighted by atomic mass is 9.89. The Labute approximate surface area is 164 Å². The molecule has 0 spiro atoms. The predicted octanol–water partition coefficient (Wildman–Crippen LogP) is 2.51. The van der Waals surface area contributed by atoms with Crippen molar-refractivity contribution < 1.29 is 14.5 Å². The van der Waals surface area contributed by atoms with Crippen molar-refractivity contribution in [2.75, 3.05) is 18.0 Å². The molecule has 0 bridgehead atoms. The molecule has 2 amide bonds. The van der Waals surface area contributed by atoms with E-state index in [1.54, 1.807) is 24.3 Å². The largest absolute Gasteiger partial charge is 0.324 e. The summed E-state index contributed by atoms with van der Waals surface area (Å²) in [4.78, 5) is 28.0. The molecule has 0 aliphatic carbocycles. The molecular weight excluding hydrogens is 360 g/mol. The van der Waals surface area contributed by atoms with Crippen LogP contribution < -0.4 is 9.80 Å². The highest BCUT2D eigenvalue weighted by atomic mass is 35.5. The zero-order valence-electron chi connectivity index (χ0n) is 15.2. The van der Waals surface area contributed by atoms with Crippen molar-refractivity contribution in [3.8, 4) is 0 Å². The molecule has 2 aromatic rings. The molecule has 4 rings (SSSR count). The highest BCUT2D eigenvalue weighted by Gasteiger charge is 2.46. The summed E-state index contributed by atoms with van der Waals surface area (Å²) in [5.41, 5.74) is 1.96. The van der Waals surface area contributed by atoms with Gasteiger partial charge in [-0.25, -0.2) is 4.90 Å². The first-order valence-corrected chi connectivity index (χ1v) is 10.0. The molecule has 1 atom stereocenters. The van der Waals surface area contributed by atoms with Crippen molar-refractivity contribution in [2.45, 2.75) is 31.7 Å². The van der Waals surface area contributed by atoms with Gasteiger partial charge in [-0.3, -0.25) is 9.59 Å². The average molecular weight is 384 g/mol. The van der Waals surface area contributed by atoms with Gasteiger partial charge in [-0.05, 0) is 48.9 Å². The number of imide groups is 1. The number of hydrogen-bond donors (Lipinski definition) is 1. The molecule has 27 heavy (non-hydrogen) atoms. The van der Waals surface area contributed by atoms with E-state index in [1.807, 2.05) is 6.07 Å².